The van der Waals surface area contributed by atoms with E-state index >= 15 is 0 Å². The van der Waals surface area contributed by atoms with Gasteiger partial charge < -0.3 is 20.1 Å². The Morgan fingerprint density at radius 1 is 1.12 bits per heavy atom. The third-order valence-electron chi connectivity index (χ3n) is 5.96. The van der Waals surface area contributed by atoms with Gasteiger partial charge in [0, 0.05) is 25.0 Å². The summed E-state index contributed by atoms with van der Waals surface area (Å²) in [6.45, 7) is 9.63. The van der Waals surface area contributed by atoms with Crippen molar-refractivity contribution < 1.29 is 19.1 Å². The fourth-order valence-corrected chi connectivity index (χ4v) is 4.38. The smallest absolute Gasteiger partial charge is 0.410 e. The third kappa shape index (κ3) is 4.49. The van der Waals surface area contributed by atoms with Gasteiger partial charge in [-0.25, -0.2) is 4.79 Å². The Morgan fingerprint density at radius 2 is 1.73 bits per heavy atom. The highest BCUT2D eigenvalue weighted by atomic mass is 16.6. The van der Waals surface area contributed by atoms with Crippen LogP contribution in [0.2, 0.25) is 0 Å². The van der Waals surface area contributed by atoms with E-state index in [4.69, 9.17) is 15.2 Å². The average molecular weight is 367 g/mol. The summed E-state index contributed by atoms with van der Waals surface area (Å²) in [7, 11) is 0. The monoisotopic (exact) mass is 367 g/mol. The Morgan fingerprint density at radius 3 is 2.27 bits per heavy atom. The zero-order valence-electron chi connectivity index (χ0n) is 16.3. The van der Waals surface area contributed by atoms with Crippen molar-refractivity contribution in [2.45, 2.75) is 70.1 Å². The van der Waals surface area contributed by atoms with Gasteiger partial charge in [0.05, 0.1) is 12.2 Å². The summed E-state index contributed by atoms with van der Waals surface area (Å²) in [5, 5.41) is 0. The summed E-state index contributed by atoms with van der Waals surface area (Å²) in [4.78, 5) is 27.8. The highest BCUT2D eigenvalue weighted by Gasteiger charge is 2.45. The number of nitrogens with two attached hydrogens (primary N) is 1. The molecule has 3 aliphatic rings. The molecule has 2 amide bonds. The number of ether oxygens (including phenoxy) is 2. The van der Waals surface area contributed by atoms with Crippen molar-refractivity contribution in [1.82, 2.24) is 9.80 Å². The Hall–Kier alpha value is -1.34. The molecule has 7 heteroatoms. The quantitative estimate of drug-likeness (QED) is 0.804. The molecule has 3 fully saturated rings. The second-order valence-corrected chi connectivity index (χ2v) is 9.03. The van der Waals surface area contributed by atoms with Crippen LogP contribution < -0.4 is 5.73 Å². The normalized spacial score (nSPS) is 27.7. The summed E-state index contributed by atoms with van der Waals surface area (Å²) in [6.07, 6.45) is 4.21. The molecule has 0 radical (unpaired) electrons. The van der Waals surface area contributed by atoms with Crippen LogP contribution in [0.25, 0.3) is 0 Å². The average Bonchev–Trinajstić information content (AvgIpc) is 2.98. The minimum Gasteiger partial charge on any atom is -0.444 e. The molecule has 3 aliphatic heterocycles. The fraction of sp³-hybridized carbons (Fsp3) is 0.895. The van der Waals surface area contributed by atoms with Gasteiger partial charge in [-0.3, -0.25) is 9.69 Å². The molecule has 0 aromatic heterocycles. The Balaban J connectivity index is 1.47. The highest BCUT2D eigenvalue weighted by molar-refractivity contribution is 5.76. The fourth-order valence-electron chi connectivity index (χ4n) is 4.38. The van der Waals surface area contributed by atoms with Crippen LogP contribution in [0.15, 0.2) is 0 Å². The number of amides is 2. The molecule has 148 valence electrons. The largest absolute Gasteiger partial charge is 0.444 e. The SMILES string of the molecule is CC(C)(C)OC(=O)N1CCC2(CC1)C[C@@H](N1CCC(C(N)=O)CC1)CO2. The first-order valence-corrected chi connectivity index (χ1v) is 9.83. The standard InChI is InChI=1S/C19H33N3O4/c1-18(2,3)26-17(24)22-10-6-19(7-11-22)12-15(13-25-19)21-8-4-14(5-9-21)16(20)23/h14-15H,4-13H2,1-3H3,(H2,20,23)/t15-/m1/s1. The van der Waals surface area contributed by atoms with E-state index in [0.717, 1.165) is 51.8 Å². The molecule has 1 atom stereocenters. The number of carbonyl (C=O) groups is 2. The first-order valence-electron chi connectivity index (χ1n) is 9.83. The predicted octanol–water partition coefficient (Wildman–Crippen LogP) is 1.74. The molecule has 0 aliphatic carbocycles. The first kappa shape index (κ1) is 19.4. The lowest BCUT2D eigenvalue weighted by molar-refractivity contribution is -0.123. The molecule has 0 unspecified atom stereocenters. The van der Waals surface area contributed by atoms with E-state index in [-0.39, 0.29) is 23.5 Å². The van der Waals surface area contributed by atoms with Crippen molar-refractivity contribution in [3.8, 4) is 0 Å². The molecular weight excluding hydrogens is 334 g/mol. The van der Waals surface area contributed by atoms with Crippen molar-refractivity contribution in [1.29, 1.82) is 0 Å². The van der Waals surface area contributed by atoms with Gasteiger partial charge in [0.2, 0.25) is 5.91 Å². The minimum absolute atomic E-state index is 0.0274. The van der Waals surface area contributed by atoms with Crippen LogP contribution in [0.4, 0.5) is 4.79 Å². The van der Waals surface area contributed by atoms with E-state index in [1.807, 2.05) is 20.8 Å². The maximum absolute atomic E-state index is 12.2. The molecular formula is C19H33N3O4. The highest BCUT2D eigenvalue weighted by Crippen LogP contribution is 2.38. The van der Waals surface area contributed by atoms with E-state index in [9.17, 15) is 9.59 Å². The van der Waals surface area contributed by atoms with Crippen LogP contribution in [0.3, 0.4) is 0 Å². The molecule has 0 saturated carbocycles. The number of hydrogen-bond donors (Lipinski definition) is 1. The summed E-state index contributed by atoms with van der Waals surface area (Å²) < 4.78 is 11.7. The zero-order valence-corrected chi connectivity index (χ0v) is 16.3. The molecule has 0 bridgehead atoms. The maximum Gasteiger partial charge on any atom is 0.410 e. The van der Waals surface area contributed by atoms with Gasteiger partial charge in [-0.2, -0.15) is 0 Å². The van der Waals surface area contributed by atoms with Gasteiger partial charge in [-0.15, -0.1) is 0 Å². The van der Waals surface area contributed by atoms with E-state index in [1.54, 1.807) is 4.90 Å². The first-order chi connectivity index (χ1) is 12.2. The third-order valence-corrected chi connectivity index (χ3v) is 5.96. The topological polar surface area (TPSA) is 85.1 Å². The Kier molecular flexibility index (Phi) is 5.49. The second kappa shape index (κ2) is 7.35. The Bertz CT molecular complexity index is 529. The zero-order chi connectivity index (χ0) is 18.9. The molecule has 3 heterocycles. The van der Waals surface area contributed by atoms with Gasteiger partial charge in [0.1, 0.15) is 5.60 Å². The van der Waals surface area contributed by atoms with Crippen molar-refractivity contribution >= 4 is 12.0 Å². The molecule has 0 aromatic carbocycles. The van der Waals surface area contributed by atoms with E-state index in [0.29, 0.717) is 19.1 Å². The lowest BCUT2D eigenvalue weighted by atomic mass is 9.86. The summed E-state index contributed by atoms with van der Waals surface area (Å²) in [5.41, 5.74) is 4.86. The number of piperidine rings is 2. The molecule has 0 aromatic rings. The van der Waals surface area contributed by atoms with Crippen LogP contribution in [0.1, 0.15) is 52.9 Å². The van der Waals surface area contributed by atoms with Crippen LogP contribution >= 0.6 is 0 Å². The summed E-state index contributed by atoms with van der Waals surface area (Å²) in [6, 6.07) is 0.414. The van der Waals surface area contributed by atoms with Crippen molar-refractivity contribution in [3.63, 3.8) is 0 Å². The minimum atomic E-state index is -0.460. The number of carbonyl (C=O) groups excluding carboxylic acids is 2. The van der Waals surface area contributed by atoms with E-state index in [2.05, 4.69) is 4.90 Å². The molecule has 3 saturated heterocycles. The van der Waals surface area contributed by atoms with Crippen molar-refractivity contribution in [2.75, 3.05) is 32.8 Å². The number of rotatable bonds is 2. The second-order valence-electron chi connectivity index (χ2n) is 9.03. The predicted molar refractivity (Wildman–Crippen MR) is 97.6 cm³/mol. The number of nitrogens with zero attached hydrogens (tertiary/aromatic N) is 2. The van der Waals surface area contributed by atoms with Gasteiger partial charge in [-0.1, -0.05) is 0 Å². The number of likely N-dealkylation sites (tertiary alicyclic amines) is 2. The Labute approximate surface area is 156 Å². The molecule has 7 nitrogen and oxygen atoms in total. The molecule has 1 spiro atoms. The van der Waals surface area contributed by atoms with Gasteiger partial charge in [0.25, 0.3) is 0 Å². The van der Waals surface area contributed by atoms with Crippen molar-refractivity contribution in [2.24, 2.45) is 11.7 Å². The number of primary amides is 1. The van der Waals surface area contributed by atoms with Gasteiger partial charge >= 0.3 is 6.09 Å². The van der Waals surface area contributed by atoms with Crippen LogP contribution in [0, 0.1) is 5.92 Å². The maximum atomic E-state index is 12.2. The number of hydrogen-bond acceptors (Lipinski definition) is 5. The van der Waals surface area contributed by atoms with Crippen LogP contribution in [0.5, 0.6) is 0 Å². The summed E-state index contributed by atoms with van der Waals surface area (Å²) in [5.74, 6) is -0.141. The van der Waals surface area contributed by atoms with E-state index in [1.165, 1.54) is 0 Å². The lowest BCUT2D eigenvalue weighted by Gasteiger charge is -2.40. The molecule has 26 heavy (non-hydrogen) atoms. The van der Waals surface area contributed by atoms with Crippen LogP contribution in [-0.2, 0) is 14.3 Å². The van der Waals surface area contributed by atoms with Crippen LogP contribution in [-0.4, -0.2) is 71.8 Å². The molecule has 3 rings (SSSR count). The van der Waals surface area contributed by atoms with E-state index < -0.39 is 5.60 Å². The lowest BCUT2D eigenvalue weighted by Crippen LogP contribution is -2.49. The van der Waals surface area contributed by atoms with Gasteiger partial charge in [-0.05, 0) is 66.0 Å². The van der Waals surface area contributed by atoms with Crippen molar-refractivity contribution in [3.05, 3.63) is 0 Å². The molecule has 2 N–H and O–H groups in total. The summed E-state index contributed by atoms with van der Waals surface area (Å²) >= 11 is 0. The van der Waals surface area contributed by atoms with Gasteiger partial charge in [0.15, 0.2) is 0 Å².